The predicted octanol–water partition coefficient (Wildman–Crippen LogP) is 5.39. The molecule has 1 heterocycles. The number of benzene rings is 2. The van der Waals surface area contributed by atoms with Crippen molar-refractivity contribution < 1.29 is 14.2 Å². The van der Waals surface area contributed by atoms with E-state index in [1.807, 2.05) is 26.0 Å². The molecular formula is C17H16Cl2O3. The topological polar surface area (TPSA) is 27.7 Å². The Morgan fingerprint density at radius 1 is 1.09 bits per heavy atom. The van der Waals surface area contributed by atoms with Gasteiger partial charge in [0.25, 0.3) is 0 Å². The monoisotopic (exact) mass is 338 g/mol. The molecule has 3 nitrogen and oxygen atoms in total. The molecule has 2 aromatic carbocycles. The molecule has 0 bridgehead atoms. The van der Waals surface area contributed by atoms with Gasteiger partial charge in [-0.3, -0.25) is 0 Å². The molecule has 1 saturated heterocycles. The third kappa shape index (κ3) is 3.23. The highest BCUT2D eigenvalue weighted by molar-refractivity contribution is 6.31. The first kappa shape index (κ1) is 15.6. The average molecular weight is 339 g/mol. The summed E-state index contributed by atoms with van der Waals surface area (Å²) in [7, 11) is 0. The summed E-state index contributed by atoms with van der Waals surface area (Å²) >= 11 is 12.2. The van der Waals surface area contributed by atoms with Crippen LogP contribution in [0.4, 0.5) is 0 Å². The Bertz CT molecular complexity index is 672. The normalized spacial score (nSPS) is 24.5. The second kappa shape index (κ2) is 6.09. The van der Waals surface area contributed by atoms with E-state index in [0.717, 1.165) is 5.56 Å². The summed E-state index contributed by atoms with van der Waals surface area (Å²) in [5.74, 6) is 0.530. The van der Waals surface area contributed by atoms with Crippen molar-refractivity contribution in [2.75, 3.05) is 6.61 Å². The minimum Gasteiger partial charge on any atom is -0.457 e. The third-order valence-electron chi connectivity index (χ3n) is 3.50. The van der Waals surface area contributed by atoms with Gasteiger partial charge >= 0.3 is 0 Å². The molecule has 0 amide bonds. The molecule has 0 spiro atoms. The van der Waals surface area contributed by atoms with Gasteiger partial charge in [-0.25, -0.2) is 0 Å². The molecule has 0 saturated carbocycles. The van der Waals surface area contributed by atoms with Crippen LogP contribution in [0.1, 0.15) is 19.4 Å². The molecule has 2 atom stereocenters. The molecule has 3 rings (SSSR count). The van der Waals surface area contributed by atoms with Crippen LogP contribution in [0.5, 0.6) is 11.5 Å². The maximum atomic E-state index is 6.38. The van der Waals surface area contributed by atoms with Crippen molar-refractivity contribution in [2.24, 2.45) is 0 Å². The molecule has 22 heavy (non-hydrogen) atoms. The van der Waals surface area contributed by atoms with E-state index >= 15 is 0 Å². The number of hydrogen-bond acceptors (Lipinski definition) is 3. The zero-order valence-electron chi connectivity index (χ0n) is 12.3. The van der Waals surface area contributed by atoms with Gasteiger partial charge in [-0.05, 0) is 56.3 Å². The highest BCUT2D eigenvalue weighted by atomic mass is 35.5. The number of ether oxygens (including phenoxy) is 3. The van der Waals surface area contributed by atoms with E-state index in [1.54, 1.807) is 30.3 Å². The van der Waals surface area contributed by atoms with Gasteiger partial charge in [-0.15, -0.1) is 0 Å². The maximum Gasteiger partial charge on any atom is 0.193 e. The van der Waals surface area contributed by atoms with Gasteiger partial charge in [0.05, 0.1) is 17.7 Å². The van der Waals surface area contributed by atoms with Gasteiger partial charge in [0.2, 0.25) is 0 Å². The summed E-state index contributed by atoms with van der Waals surface area (Å²) in [5, 5.41) is 1.21. The lowest BCUT2D eigenvalue weighted by molar-refractivity contribution is -0.159. The van der Waals surface area contributed by atoms with Gasteiger partial charge < -0.3 is 14.2 Å². The first-order chi connectivity index (χ1) is 10.5. The largest absolute Gasteiger partial charge is 0.457 e. The fraction of sp³-hybridized carbons (Fsp3) is 0.294. The summed E-state index contributed by atoms with van der Waals surface area (Å²) in [6, 6.07) is 12.6. The molecule has 2 unspecified atom stereocenters. The van der Waals surface area contributed by atoms with Crippen LogP contribution >= 0.6 is 23.2 Å². The maximum absolute atomic E-state index is 6.38. The lowest BCUT2D eigenvalue weighted by atomic mass is 10.1. The Balaban J connectivity index is 1.82. The zero-order chi connectivity index (χ0) is 15.7. The van der Waals surface area contributed by atoms with E-state index in [0.29, 0.717) is 28.2 Å². The summed E-state index contributed by atoms with van der Waals surface area (Å²) in [6.45, 7) is 4.39. The van der Waals surface area contributed by atoms with Crippen LogP contribution in [0.15, 0.2) is 42.5 Å². The molecule has 2 aromatic rings. The molecule has 1 aliphatic heterocycles. The van der Waals surface area contributed by atoms with Crippen molar-refractivity contribution in [3.05, 3.63) is 58.1 Å². The second-order valence-electron chi connectivity index (χ2n) is 5.38. The molecule has 0 aliphatic carbocycles. The smallest absolute Gasteiger partial charge is 0.193 e. The summed E-state index contributed by atoms with van der Waals surface area (Å²) in [4.78, 5) is 0. The predicted molar refractivity (Wildman–Crippen MR) is 86.8 cm³/mol. The van der Waals surface area contributed by atoms with E-state index in [1.165, 1.54) is 0 Å². The number of rotatable bonds is 3. The fourth-order valence-electron chi connectivity index (χ4n) is 2.44. The van der Waals surface area contributed by atoms with E-state index in [2.05, 4.69) is 0 Å². The van der Waals surface area contributed by atoms with Crippen molar-refractivity contribution in [1.82, 2.24) is 0 Å². The molecule has 0 aromatic heterocycles. The lowest BCUT2D eigenvalue weighted by Crippen LogP contribution is -2.23. The molecule has 0 N–H and O–H groups in total. The Morgan fingerprint density at radius 3 is 2.36 bits per heavy atom. The van der Waals surface area contributed by atoms with Crippen LogP contribution in [-0.4, -0.2) is 12.7 Å². The molecule has 5 heteroatoms. The average Bonchev–Trinajstić information content (AvgIpc) is 2.82. The van der Waals surface area contributed by atoms with E-state index < -0.39 is 5.79 Å². The van der Waals surface area contributed by atoms with Crippen molar-refractivity contribution in [3.8, 4) is 11.5 Å². The minimum atomic E-state index is -0.810. The SMILES string of the molecule is CC1COC(C)(c2ccc(Oc3ccc(Cl)cc3)cc2Cl)O1. The molecular weight excluding hydrogens is 323 g/mol. The quantitative estimate of drug-likeness (QED) is 0.750. The van der Waals surface area contributed by atoms with E-state index in [-0.39, 0.29) is 6.10 Å². The van der Waals surface area contributed by atoms with Gasteiger partial charge in [0, 0.05) is 10.6 Å². The Labute approximate surface area is 139 Å². The highest BCUT2D eigenvalue weighted by Gasteiger charge is 2.38. The Hall–Kier alpha value is -1.26. The van der Waals surface area contributed by atoms with Crippen LogP contribution in [0, 0.1) is 0 Å². The Morgan fingerprint density at radius 2 is 1.77 bits per heavy atom. The first-order valence-corrected chi connectivity index (χ1v) is 7.77. The lowest BCUT2D eigenvalue weighted by Gasteiger charge is -2.24. The number of hydrogen-bond donors (Lipinski definition) is 0. The summed E-state index contributed by atoms with van der Waals surface area (Å²) < 4.78 is 17.3. The van der Waals surface area contributed by atoms with Gasteiger partial charge in [-0.1, -0.05) is 23.2 Å². The van der Waals surface area contributed by atoms with Crippen molar-refractivity contribution in [3.63, 3.8) is 0 Å². The molecule has 116 valence electrons. The zero-order valence-corrected chi connectivity index (χ0v) is 13.8. The summed E-state index contributed by atoms with van der Waals surface area (Å²) in [6.07, 6.45) is 0.0473. The van der Waals surface area contributed by atoms with E-state index in [4.69, 9.17) is 37.4 Å². The van der Waals surface area contributed by atoms with Crippen LogP contribution < -0.4 is 4.74 Å². The minimum absolute atomic E-state index is 0.0473. The summed E-state index contributed by atoms with van der Waals surface area (Å²) in [5.41, 5.74) is 0.793. The van der Waals surface area contributed by atoms with Crippen molar-refractivity contribution >= 4 is 23.2 Å². The van der Waals surface area contributed by atoms with Gasteiger partial charge in [-0.2, -0.15) is 0 Å². The third-order valence-corrected chi connectivity index (χ3v) is 4.06. The van der Waals surface area contributed by atoms with Crippen molar-refractivity contribution in [2.45, 2.75) is 25.7 Å². The van der Waals surface area contributed by atoms with E-state index in [9.17, 15) is 0 Å². The van der Waals surface area contributed by atoms with Gasteiger partial charge in [0.15, 0.2) is 5.79 Å². The van der Waals surface area contributed by atoms with Crippen LogP contribution in [0.2, 0.25) is 10.0 Å². The Kier molecular flexibility index (Phi) is 4.33. The molecule has 1 aliphatic rings. The number of halogens is 2. The van der Waals surface area contributed by atoms with Crippen molar-refractivity contribution in [1.29, 1.82) is 0 Å². The highest BCUT2D eigenvalue weighted by Crippen LogP contribution is 2.39. The standard InChI is InChI=1S/C17H16Cl2O3/c1-11-10-20-17(2,22-11)15-8-7-14(9-16(15)19)21-13-5-3-12(18)4-6-13/h3-9,11H,10H2,1-2H3. The molecule has 0 radical (unpaired) electrons. The van der Waals surface area contributed by atoms with Gasteiger partial charge in [0.1, 0.15) is 11.5 Å². The van der Waals surface area contributed by atoms with Crippen LogP contribution in [0.3, 0.4) is 0 Å². The van der Waals surface area contributed by atoms with Crippen LogP contribution in [0.25, 0.3) is 0 Å². The molecule has 1 fully saturated rings. The van der Waals surface area contributed by atoms with Crippen LogP contribution in [-0.2, 0) is 15.3 Å². The first-order valence-electron chi connectivity index (χ1n) is 7.01. The fourth-order valence-corrected chi connectivity index (χ4v) is 2.90. The second-order valence-corrected chi connectivity index (χ2v) is 6.23.